The van der Waals surface area contributed by atoms with Crippen LogP contribution in [0.15, 0.2) is 24.3 Å². The average Bonchev–Trinajstić information content (AvgIpc) is 2.94. The monoisotopic (exact) mass is 307 g/mol. The largest absolute Gasteiger partial charge is 0.381 e. The highest BCUT2D eigenvalue weighted by Crippen LogP contribution is 2.39. The molecule has 114 valence electrons. The fourth-order valence-electron chi connectivity index (χ4n) is 3.24. The summed E-state index contributed by atoms with van der Waals surface area (Å²) in [6, 6.07) is 8.32. The molecule has 1 unspecified atom stereocenters. The number of carbonyl (C=O) groups excluding carboxylic acids is 1. The van der Waals surface area contributed by atoms with E-state index >= 15 is 0 Å². The lowest BCUT2D eigenvalue weighted by atomic mass is 9.76. The number of carbonyl (C=O) groups is 1. The van der Waals surface area contributed by atoms with Crippen molar-refractivity contribution in [3.05, 3.63) is 34.9 Å². The van der Waals surface area contributed by atoms with Crippen molar-refractivity contribution in [3.63, 3.8) is 0 Å². The molecular weight excluding hydrogens is 286 g/mol. The van der Waals surface area contributed by atoms with Gasteiger partial charge in [-0.1, -0.05) is 29.8 Å². The minimum absolute atomic E-state index is 0.185. The molecule has 1 aromatic rings. The number of ether oxygens (including phenoxy) is 1. The molecule has 1 aliphatic carbocycles. The topological polar surface area (TPSA) is 38.3 Å². The summed E-state index contributed by atoms with van der Waals surface area (Å²) in [7, 11) is 0. The van der Waals surface area contributed by atoms with Crippen LogP contribution < -0.4 is 5.32 Å². The molecule has 1 aromatic carbocycles. The Balaban J connectivity index is 1.38. The number of hydrogen-bond acceptors (Lipinski definition) is 2. The summed E-state index contributed by atoms with van der Waals surface area (Å²) in [4.78, 5) is 11.9. The maximum atomic E-state index is 11.9. The second kappa shape index (κ2) is 6.80. The van der Waals surface area contributed by atoms with E-state index in [4.69, 9.17) is 16.3 Å². The molecule has 1 saturated carbocycles. The Kier molecular flexibility index (Phi) is 4.81. The van der Waals surface area contributed by atoms with Crippen LogP contribution in [0.4, 0.5) is 0 Å². The van der Waals surface area contributed by atoms with Gasteiger partial charge in [0.1, 0.15) is 0 Å². The fourth-order valence-corrected chi connectivity index (χ4v) is 3.53. The molecule has 1 aliphatic heterocycles. The van der Waals surface area contributed by atoms with E-state index in [9.17, 15) is 4.79 Å². The quantitative estimate of drug-likeness (QED) is 0.904. The zero-order valence-corrected chi connectivity index (χ0v) is 12.9. The Bertz CT molecular complexity index is 493. The summed E-state index contributed by atoms with van der Waals surface area (Å²) in [6.45, 7) is 1.68. The summed E-state index contributed by atoms with van der Waals surface area (Å²) in [5.41, 5.74) is 1.22. The van der Waals surface area contributed by atoms with E-state index in [2.05, 4.69) is 11.4 Å². The molecule has 1 heterocycles. The Morgan fingerprint density at radius 1 is 1.33 bits per heavy atom. The van der Waals surface area contributed by atoms with Crippen LogP contribution >= 0.6 is 11.6 Å². The highest BCUT2D eigenvalue weighted by molar-refractivity contribution is 6.31. The number of amides is 1. The van der Waals surface area contributed by atoms with E-state index in [0.29, 0.717) is 24.3 Å². The van der Waals surface area contributed by atoms with Crippen molar-refractivity contribution in [2.75, 3.05) is 13.2 Å². The smallest absolute Gasteiger partial charge is 0.220 e. The first-order valence-electron chi connectivity index (χ1n) is 7.84. The second-order valence-corrected chi connectivity index (χ2v) is 6.63. The van der Waals surface area contributed by atoms with E-state index in [1.54, 1.807) is 0 Å². The van der Waals surface area contributed by atoms with Gasteiger partial charge in [-0.15, -0.1) is 0 Å². The van der Waals surface area contributed by atoms with Gasteiger partial charge in [0, 0.05) is 30.7 Å². The molecule has 2 aliphatic rings. The maximum absolute atomic E-state index is 11.9. The molecule has 1 N–H and O–H groups in total. The zero-order chi connectivity index (χ0) is 14.7. The van der Waals surface area contributed by atoms with Gasteiger partial charge >= 0.3 is 0 Å². The van der Waals surface area contributed by atoms with Crippen molar-refractivity contribution in [1.29, 1.82) is 0 Å². The number of hydrogen-bond donors (Lipinski definition) is 1. The highest BCUT2D eigenvalue weighted by Gasteiger charge is 2.32. The van der Waals surface area contributed by atoms with Gasteiger partial charge in [0.25, 0.3) is 0 Å². The van der Waals surface area contributed by atoms with Crippen molar-refractivity contribution in [2.45, 2.75) is 44.1 Å². The molecule has 2 fully saturated rings. The van der Waals surface area contributed by atoms with Gasteiger partial charge in [-0.3, -0.25) is 4.79 Å². The van der Waals surface area contributed by atoms with Gasteiger partial charge in [0.15, 0.2) is 0 Å². The fraction of sp³-hybridized carbons (Fsp3) is 0.588. The van der Waals surface area contributed by atoms with Gasteiger partial charge in [-0.25, -0.2) is 0 Å². The van der Waals surface area contributed by atoms with Gasteiger partial charge in [-0.2, -0.15) is 0 Å². The van der Waals surface area contributed by atoms with Gasteiger partial charge < -0.3 is 10.1 Å². The number of nitrogens with one attached hydrogen (secondary N) is 1. The number of benzene rings is 1. The molecule has 0 spiro atoms. The minimum Gasteiger partial charge on any atom is -0.381 e. The van der Waals surface area contributed by atoms with E-state index in [1.807, 2.05) is 18.2 Å². The Labute approximate surface area is 131 Å². The lowest BCUT2D eigenvalue weighted by molar-refractivity contribution is -0.122. The zero-order valence-electron chi connectivity index (χ0n) is 12.2. The average molecular weight is 308 g/mol. The van der Waals surface area contributed by atoms with Crippen molar-refractivity contribution in [2.24, 2.45) is 5.92 Å². The molecule has 1 saturated heterocycles. The summed E-state index contributed by atoms with van der Waals surface area (Å²) in [5.74, 6) is 1.25. The molecule has 0 bridgehead atoms. The van der Waals surface area contributed by atoms with E-state index < -0.39 is 0 Å². The van der Waals surface area contributed by atoms with Crippen molar-refractivity contribution < 1.29 is 9.53 Å². The van der Waals surface area contributed by atoms with Crippen LogP contribution in [-0.4, -0.2) is 25.2 Å². The van der Waals surface area contributed by atoms with Gasteiger partial charge in [-0.05, 0) is 49.1 Å². The molecule has 3 nitrogen and oxygen atoms in total. The first kappa shape index (κ1) is 14.9. The third kappa shape index (κ3) is 3.78. The highest BCUT2D eigenvalue weighted by atomic mass is 35.5. The molecule has 21 heavy (non-hydrogen) atoms. The minimum atomic E-state index is 0.185. The molecule has 3 rings (SSSR count). The maximum Gasteiger partial charge on any atom is 0.220 e. The summed E-state index contributed by atoms with van der Waals surface area (Å²) < 4.78 is 5.33. The summed E-state index contributed by atoms with van der Waals surface area (Å²) in [6.07, 6.45) is 4.68. The van der Waals surface area contributed by atoms with Gasteiger partial charge in [0.2, 0.25) is 5.91 Å². The van der Waals surface area contributed by atoms with Crippen LogP contribution in [0.5, 0.6) is 0 Å². The molecule has 0 aromatic heterocycles. The summed E-state index contributed by atoms with van der Waals surface area (Å²) >= 11 is 6.21. The summed E-state index contributed by atoms with van der Waals surface area (Å²) in [5, 5.41) is 3.98. The van der Waals surface area contributed by atoms with Crippen LogP contribution in [-0.2, 0) is 9.53 Å². The molecule has 4 heteroatoms. The van der Waals surface area contributed by atoms with Crippen molar-refractivity contribution >= 4 is 17.5 Å². The third-order valence-corrected chi connectivity index (χ3v) is 5.00. The van der Waals surface area contributed by atoms with Crippen molar-refractivity contribution in [1.82, 2.24) is 5.32 Å². The van der Waals surface area contributed by atoms with Gasteiger partial charge in [0.05, 0.1) is 0 Å². The Hall–Kier alpha value is -1.06. The molecule has 0 radical (unpaired) electrons. The predicted molar refractivity (Wildman–Crippen MR) is 83.5 cm³/mol. The van der Waals surface area contributed by atoms with Crippen LogP contribution in [0, 0.1) is 5.92 Å². The van der Waals surface area contributed by atoms with Crippen LogP contribution in [0.2, 0.25) is 5.02 Å². The standard InChI is InChI=1S/C17H22ClNO2/c18-16-4-2-1-3-15(16)13-9-14(10-13)19-17(20)6-5-12-7-8-21-11-12/h1-4,12-14H,5-11H2,(H,19,20). The third-order valence-electron chi connectivity index (χ3n) is 4.65. The van der Waals surface area contributed by atoms with Crippen LogP contribution in [0.25, 0.3) is 0 Å². The number of rotatable bonds is 5. The van der Waals surface area contributed by atoms with Crippen molar-refractivity contribution in [3.8, 4) is 0 Å². The van der Waals surface area contributed by atoms with E-state index in [-0.39, 0.29) is 5.91 Å². The second-order valence-electron chi connectivity index (χ2n) is 6.22. The number of halogens is 1. The predicted octanol–water partition coefficient (Wildman–Crippen LogP) is 3.52. The normalized spacial score (nSPS) is 28.1. The van der Waals surface area contributed by atoms with E-state index in [1.165, 1.54) is 5.56 Å². The molecular formula is C17H22ClNO2. The lowest BCUT2D eigenvalue weighted by Crippen LogP contribution is -2.43. The first-order chi connectivity index (χ1) is 10.2. The molecule has 1 atom stereocenters. The van der Waals surface area contributed by atoms with Crippen LogP contribution in [0.3, 0.4) is 0 Å². The van der Waals surface area contributed by atoms with E-state index in [0.717, 1.165) is 43.9 Å². The Morgan fingerprint density at radius 3 is 2.86 bits per heavy atom. The SMILES string of the molecule is O=C(CCC1CCOC1)NC1CC(c2ccccc2Cl)C1. The first-order valence-corrected chi connectivity index (χ1v) is 8.21. The molecule has 1 amide bonds. The van der Waals surface area contributed by atoms with Crippen LogP contribution in [0.1, 0.15) is 43.6 Å². The lowest BCUT2D eigenvalue weighted by Gasteiger charge is -2.36. The Morgan fingerprint density at radius 2 is 2.14 bits per heavy atom.